The lowest BCUT2D eigenvalue weighted by molar-refractivity contribution is 0.102. The Balaban J connectivity index is 1.85. The van der Waals surface area contributed by atoms with Gasteiger partial charge >= 0.3 is 0 Å². The molecular formula is C17H12F2N2OS. The van der Waals surface area contributed by atoms with Crippen LogP contribution in [-0.2, 0) is 0 Å². The van der Waals surface area contributed by atoms with Crippen LogP contribution < -0.4 is 5.32 Å². The number of benzene rings is 2. The average molecular weight is 330 g/mol. The number of rotatable bonds is 3. The SMILES string of the molecule is Cc1sc(NC(=O)c2cc(F)cc(F)c2)nc1-c1ccccc1. The summed E-state index contributed by atoms with van der Waals surface area (Å²) in [6.45, 7) is 1.90. The van der Waals surface area contributed by atoms with Crippen molar-refractivity contribution >= 4 is 22.4 Å². The lowest BCUT2D eigenvalue weighted by atomic mass is 10.1. The second-order valence-electron chi connectivity index (χ2n) is 4.90. The molecule has 1 amide bonds. The first-order valence-electron chi connectivity index (χ1n) is 6.83. The third kappa shape index (κ3) is 3.43. The number of nitrogens with one attached hydrogen (secondary N) is 1. The lowest BCUT2D eigenvalue weighted by Crippen LogP contribution is -2.12. The summed E-state index contributed by atoms with van der Waals surface area (Å²) >= 11 is 1.31. The first kappa shape index (κ1) is 15.3. The molecule has 0 fully saturated rings. The van der Waals surface area contributed by atoms with Crippen LogP contribution in [0, 0.1) is 18.6 Å². The van der Waals surface area contributed by atoms with Gasteiger partial charge in [0.1, 0.15) is 11.6 Å². The van der Waals surface area contributed by atoms with Gasteiger partial charge < -0.3 is 0 Å². The Morgan fingerprint density at radius 2 is 1.74 bits per heavy atom. The van der Waals surface area contributed by atoms with E-state index in [0.29, 0.717) is 5.13 Å². The molecule has 3 aromatic rings. The van der Waals surface area contributed by atoms with Crippen LogP contribution in [0.25, 0.3) is 11.3 Å². The van der Waals surface area contributed by atoms with Gasteiger partial charge in [0.2, 0.25) is 0 Å². The predicted molar refractivity (Wildman–Crippen MR) is 86.6 cm³/mol. The highest BCUT2D eigenvalue weighted by Crippen LogP contribution is 2.30. The molecule has 0 atom stereocenters. The Kier molecular flexibility index (Phi) is 4.16. The zero-order valence-corrected chi connectivity index (χ0v) is 13.0. The van der Waals surface area contributed by atoms with E-state index in [1.807, 2.05) is 37.3 Å². The molecule has 0 aliphatic rings. The number of amides is 1. The molecule has 23 heavy (non-hydrogen) atoms. The number of carbonyl (C=O) groups excluding carboxylic acids is 1. The standard InChI is InChI=1S/C17H12F2N2OS/c1-10-15(11-5-3-2-4-6-11)20-17(23-10)21-16(22)12-7-13(18)9-14(19)8-12/h2-9H,1H3,(H,20,21,22). The highest BCUT2D eigenvalue weighted by Gasteiger charge is 2.14. The van der Waals surface area contributed by atoms with E-state index in [1.165, 1.54) is 11.3 Å². The van der Waals surface area contributed by atoms with Gasteiger partial charge in [-0.3, -0.25) is 10.1 Å². The van der Waals surface area contributed by atoms with Crippen molar-refractivity contribution in [2.45, 2.75) is 6.92 Å². The van der Waals surface area contributed by atoms with Crippen molar-refractivity contribution in [3.63, 3.8) is 0 Å². The Bertz CT molecular complexity index is 842. The molecule has 0 unspecified atom stereocenters. The number of hydrogen-bond acceptors (Lipinski definition) is 3. The quantitative estimate of drug-likeness (QED) is 0.759. The van der Waals surface area contributed by atoms with E-state index in [1.54, 1.807) is 0 Å². The number of aromatic nitrogens is 1. The number of thiazole rings is 1. The minimum atomic E-state index is -0.796. The molecule has 0 saturated heterocycles. The van der Waals surface area contributed by atoms with Crippen molar-refractivity contribution in [2.24, 2.45) is 0 Å². The molecule has 1 aromatic heterocycles. The summed E-state index contributed by atoms with van der Waals surface area (Å²) in [5.74, 6) is -2.19. The average Bonchev–Trinajstić information content (AvgIpc) is 2.87. The molecule has 116 valence electrons. The van der Waals surface area contributed by atoms with Gasteiger partial charge in [0, 0.05) is 22.1 Å². The molecule has 1 N–H and O–H groups in total. The predicted octanol–water partition coefficient (Wildman–Crippen LogP) is 4.65. The normalized spacial score (nSPS) is 10.6. The van der Waals surface area contributed by atoms with Gasteiger partial charge in [-0.05, 0) is 19.1 Å². The van der Waals surface area contributed by atoms with E-state index in [2.05, 4.69) is 10.3 Å². The number of halogens is 2. The summed E-state index contributed by atoms with van der Waals surface area (Å²) in [4.78, 5) is 17.4. The molecule has 3 nitrogen and oxygen atoms in total. The smallest absolute Gasteiger partial charge is 0.257 e. The van der Waals surface area contributed by atoms with Crippen molar-refractivity contribution in [1.29, 1.82) is 0 Å². The maximum absolute atomic E-state index is 13.2. The first-order chi connectivity index (χ1) is 11.0. The van der Waals surface area contributed by atoms with Crippen LogP contribution in [0.3, 0.4) is 0 Å². The molecule has 0 aliphatic heterocycles. The fourth-order valence-corrected chi connectivity index (χ4v) is 3.00. The zero-order chi connectivity index (χ0) is 16.4. The molecule has 2 aromatic carbocycles. The van der Waals surface area contributed by atoms with Gasteiger partial charge in [-0.25, -0.2) is 13.8 Å². The Hall–Kier alpha value is -2.60. The van der Waals surface area contributed by atoms with Crippen LogP contribution in [0.2, 0.25) is 0 Å². The minimum absolute atomic E-state index is 0.0865. The first-order valence-corrected chi connectivity index (χ1v) is 7.65. The van der Waals surface area contributed by atoms with E-state index in [4.69, 9.17) is 0 Å². The Morgan fingerprint density at radius 3 is 2.39 bits per heavy atom. The lowest BCUT2D eigenvalue weighted by Gasteiger charge is -2.02. The third-order valence-corrected chi connectivity index (χ3v) is 4.08. The van der Waals surface area contributed by atoms with Gasteiger partial charge in [-0.15, -0.1) is 11.3 Å². The Labute approximate surface area is 135 Å². The van der Waals surface area contributed by atoms with Gasteiger partial charge in [0.25, 0.3) is 5.91 Å². The number of nitrogens with zero attached hydrogens (tertiary/aromatic N) is 1. The van der Waals surface area contributed by atoms with Gasteiger partial charge in [-0.2, -0.15) is 0 Å². The maximum atomic E-state index is 13.2. The number of anilines is 1. The van der Waals surface area contributed by atoms with E-state index < -0.39 is 17.5 Å². The molecular weight excluding hydrogens is 318 g/mol. The van der Waals surface area contributed by atoms with Crippen LogP contribution in [0.15, 0.2) is 48.5 Å². The number of aryl methyl sites for hydroxylation is 1. The van der Waals surface area contributed by atoms with Crippen LogP contribution in [0.5, 0.6) is 0 Å². The Morgan fingerprint density at radius 1 is 1.09 bits per heavy atom. The van der Waals surface area contributed by atoms with E-state index >= 15 is 0 Å². The summed E-state index contributed by atoms with van der Waals surface area (Å²) in [7, 11) is 0. The van der Waals surface area contributed by atoms with Crippen LogP contribution in [0.4, 0.5) is 13.9 Å². The van der Waals surface area contributed by atoms with Crippen molar-refractivity contribution in [2.75, 3.05) is 5.32 Å². The third-order valence-electron chi connectivity index (χ3n) is 3.19. The fourth-order valence-electron chi connectivity index (χ4n) is 2.17. The number of carbonyl (C=O) groups is 1. The second kappa shape index (κ2) is 6.26. The monoisotopic (exact) mass is 330 g/mol. The highest BCUT2D eigenvalue weighted by atomic mass is 32.1. The van der Waals surface area contributed by atoms with Gasteiger partial charge in [0.05, 0.1) is 5.69 Å². The second-order valence-corrected chi connectivity index (χ2v) is 6.11. The zero-order valence-electron chi connectivity index (χ0n) is 12.1. The number of hydrogen-bond donors (Lipinski definition) is 1. The molecule has 0 radical (unpaired) electrons. The van der Waals surface area contributed by atoms with E-state index in [9.17, 15) is 13.6 Å². The van der Waals surface area contributed by atoms with Crippen molar-refractivity contribution in [1.82, 2.24) is 4.98 Å². The molecule has 0 bridgehead atoms. The van der Waals surface area contributed by atoms with Gasteiger partial charge in [-0.1, -0.05) is 30.3 Å². The summed E-state index contributed by atoms with van der Waals surface area (Å²) < 4.78 is 26.4. The molecule has 3 rings (SSSR count). The maximum Gasteiger partial charge on any atom is 0.257 e. The van der Waals surface area contributed by atoms with Crippen molar-refractivity contribution in [3.05, 3.63) is 70.6 Å². The van der Waals surface area contributed by atoms with Crippen molar-refractivity contribution in [3.8, 4) is 11.3 Å². The van der Waals surface area contributed by atoms with E-state index in [0.717, 1.165) is 34.3 Å². The summed E-state index contributed by atoms with van der Waals surface area (Å²) in [5, 5.41) is 2.96. The topological polar surface area (TPSA) is 42.0 Å². The summed E-state index contributed by atoms with van der Waals surface area (Å²) in [5.41, 5.74) is 1.63. The molecule has 6 heteroatoms. The van der Waals surface area contributed by atoms with Crippen LogP contribution in [0.1, 0.15) is 15.2 Å². The molecule has 0 aliphatic carbocycles. The summed E-state index contributed by atoms with van der Waals surface area (Å²) in [6, 6.07) is 12.3. The largest absolute Gasteiger partial charge is 0.298 e. The van der Waals surface area contributed by atoms with E-state index in [-0.39, 0.29) is 5.56 Å². The molecule has 0 spiro atoms. The molecule has 0 saturated carbocycles. The fraction of sp³-hybridized carbons (Fsp3) is 0.0588. The highest BCUT2D eigenvalue weighted by molar-refractivity contribution is 7.16. The molecule has 1 heterocycles. The van der Waals surface area contributed by atoms with Crippen LogP contribution >= 0.6 is 11.3 Å². The minimum Gasteiger partial charge on any atom is -0.298 e. The van der Waals surface area contributed by atoms with Gasteiger partial charge in [0.15, 0.2) is 5.13 Å². The van der Waals surface area contributed by atoms with Crippen LogP contribution in [-0.4, -0.2) is 10.9 Å². The summed E-state index contributed by atoms with van der Waals surface area (Å²) in [6.07, 6.45) is 0. The van der Waals surface area contributed by atoms with Crippen molar-refractivity contribution < 1.29 is 13.6 Å².